The van der Waals surface area contributed by atoms with Crippen LogP contribution in [0.2, 0.25) is 5.02 Å². The molecule has 2 aliphatic heterocycles. The molecule has 2 amide bonds. The molecule has 0 bridgehead atoms. The van der Waals surface area contributed by atoms with Crippen LogP contribution in [0.15, 0.2) is 42.5 Å². The van der Waals surface area contributed by atoms with Crippen LogP contribution in [0.1, 0.15) is 23.1 Å². The van der Waals surface area contributed by atoms with Gasteiger partial charge in [-0.05, 0) is 35.2 Å². The van der Waals surface area contributed by atoms with E-state index in [2.05, 4.69) is 11.4 Å². The summed E-state index contributed by atoms with van der Waals surface area (Å²) in [4.78, 5) is 29.3. The molecule has 0 unspecified atom stereocenters. The molecule has 5 nitrogen and oxygen atoms in total. The van der Waals surface area contributed by atoms with Crippen LogP contribution in [-0.2, 0) is 29.1 Å². The van der Waals surface area contributed by atoms with Crippen LogP contribution >= 0.6 is 11.6 Å². The van der Waals surface area contributed by atoms with Gasteiger partial charge in [0.05, 0.1) is 12.5 Å². The molecule has 2 aromatic carbocycles. The van der Waals surface area contributed by atoms with E-state index >= 15 is 0 Å². The van der Waals surface area contributed by atoms with Gasteiger partial charge < -0.3 is 10.2 Å². The number of piperazine rings is 1. The highest BCUT2D eigenvalue weighted by atomic mass is 35.5. The monoisotopic (exact) mass is 415 g/mol. The molecule has 1 N–H and O–H groups in total. The van der Waals surface area contributed by atoms with Gasteiger partial charge in [-0.15, -0.1) is 0 Å². The van der Waals surface area contributed by atoms with Crippen molar-refractivity contribution < 1.29 is 14.0 Å². The number of hydrogen-bond donors (Lipinski definition) is 1. The van der Waals surface area contributed by atoms with Crippen molar-refractivity contribution in [1.29, 1.82) is 0 Å². The summed E-state index contributed by atoms with van der Waals surface area (Å²) >= 11 is 6.17. The summed E-state index contributed by atoms with van der Waals surface area (Å²) in [6.45, 7) is 2.76. The van der Waals surface area contributed by atoms with Crippen LogP contribution in [0.4, 0.5) is 4.39 Å². The number of halogens is 2. The molecule has 1 saturated heterocycles. The number of amides is 2. The first-order valence-corrected chi connectivity index (χ1v) is 10.2. The van der Waals surface area contributed by atoms with Crippen molar-refractivity contribution in [1.82, 2.24) is 15.1 Å². The number of hydrogen-bond acceptors (Lipinski definition) is 3. The molecule has 2 heterocycles. The van der Waals surface area contributed by atoms with E-state index in [9.17, 15) is 14.0 Å². The van der Waals surface area contributed by atoms with Crippen molar-refractivity contribution >= 4 is 23.4 Å². The molecule has 0 spiro atoms. The number of carbonyl (C=O) groups is 2. The molecular formula is C22H23ClFN3O2. The van der Waals surface area contributed by atoms with Crippen molar-refractivity contribution in [2.24, 2.45) is 0 Å². The maximum atomic E-state index is 13.3. The molecule has 7 heteroatoms. The highest BCUT2D eigenvalue weighted by molar-refractivity contribution is 6.31. The predicted octanol–water partition coefficient (Wildman–Crippen LogP) is 2.75. The Balaban J connectivity index is 1.46. The lowest BCUT2D eigenvalue weighted by Gasteiger charge is -2.36. The van der Waals surface area contributed by atoms with Gasteiger partial charge in [-0.1, -0.05) is 41.9 Å². The van der Waals surface area contributed by atoms with Crippen LogP contribution in [0.5, 0.6) is 0 Å². The topological polar surface area (TPSA) is 52.7 Å². The van der Waals surface area contributed by atoms with Crippen LogP contribution < -0.4 is 5.32 Å². The summed E-state index contributed by atoms with van der Waals surface area (Å²) in [6, 6.07) is 11.8. The van der Waals surface area contributed by atoms with Gasteiger partial charge in [0.25, 0.3) is 0 Å². The van der Waals surface area contributed by atoms with Crippen molar-refractivity contribution in [3.05, 3.63) is 70.0 Å². The van der Waals surface area contributed by atoms with E-state index in [0.29, 0.717) is 37.7 Å². The van der Waals surface area contributed by atoms with E-state index in [1.807, 2.05) is 28.0 Å². The molecule has 0 radical (unpaired) electrons. The fourth-order valence-corrected chi connectivity index (χ4v) is 4.27. The Kier molecular flexibility index (Phi) is 5.83. The summed E-state index contributed by atoms with van der Waals surface area (Å²) in [5.41, 5.74) is 3.18. The number of nitrogens with zero attached hydrogens (tertiary/aromatic N) is 2. The summed E-state index contributed by atoms with van der Waals surface area (Å²) in [5.74, 6) is -0.579. The smallest absolute Gasteiger partial charge is 0.237 e. The summed E-state index contributed by atoms with van der Waals surface area (Å²) in [6.07, 6.45) is 0.945. The normalized spacial score (nSPS) is 19.6. The zero-order valence-corrected chi connectivity index (χ0v) is 16.8. The van der Waals surface area contributed by atoms with Gasteiger partial charge in [0.15, 0.2) is 0 Å². The molecule has 0 aromatic heterocycles. The quantitative estimate of drug-likeness (QED) is 0.835. The van der Waals surface area contributed by atoms with Gasteiger partial charge in [-0.3, -0.25) is 14.5 Å². The third-order valence-electron chi connectivity index (χ3n) is 5.68. The van der Waals surface area contributed by atoms with Gasteiger partial charge in [-0.2, -0.15) is 0 Å². The van der Waals surface area contributed by atoms with E-state index < -0.39 is 11.9 Å². The van der Waals surface area contributed by atoms with Crippen LogP contribution in [0.25, 0.3) is 0 Å². The molecular weight excluding hydrogens is 393 g/mol. The summed E-state index contributed by atoms with van der Waals surface area (Å²) in [7, 11) is 0. The largest absolute Gasteiger partial charge is 0.353 e. The lowest BCUT2D eigenvalue weighted by atomic mass is 9.99. The molecule has 4 rings (SSSR count). The van der Waals surface area contributed by atoms with E-state index in [-0.39, 0.29) is 18.2 Å². The number of rotatable bonds is 4. The lowest BCUT2D eigenvalue weighted by Crippen LogP contribution is -2.56. The molecule has 29 heavy (non-hydrogen) atoms. The fraction of sp³-hybridized carbons (Fsp3) is 0.364. The van der Waals surface area contributed by atoms with E-state index in [4.69, 9.17) is 11.6 Å². The molecule has 152 valence electrons. The minimum absolute atomic E-state index is 0.0308. The Morgan fingerprint density at radius 2 is 1.97 bits per heavy atom. The third kappa shape index (κ3) is 4.43. The Morgan fingerprint density at radius 1 is 1.17 bits per heavy atom. The highest BCUT2D eigenvalue weighted by Gasteiger charge is 2.33. The molecule has 2 aromatic rings. The van der Waals surface area contributed by atoms with Gasteiger partial charge in [0.1, 0.15) is 5.82 Å². The first-order valence-electron chi connectivity index (χ1n) is 9.81. The lowest BCUT2D eigenvalue weighted by molar-refractivity contribution is -0.139. The van der Waals surface area contributed by atoms with E-state index in [0.717, 1.165) is 17.5 Å². The van der Waals surface area contributed by atoms with Crippen molar-refractivity contribution in [3.8, 4) is 0 Å². The zero-order chi connectivity index (χ0) is 20.4. The highest BCUT2D eigenvalue weighted by Crippen LogP contribution is 2.23. The Hall–Kier alpha value is -2.44. The SMILES string of the molecule is O=C1NCCN(Cc2ccc(F)cc2Cl)[C@H]1CC(=O)N1CCc2ccccc2C1. The van der Waals surface area contributed by atoms with Crippen LogP contribution in [0.3, 0.4) is 0 Å². The second kappa shape index (κ2) is 8.51. The standard InChI is InChI=1S/C22H23ClFN3O2/c23-19-11-18(24)6-5-17(19)14-26-10-8-25-22(29)20(26)12-21(28)27-9-7-15-3-1-2-4-16(15)13-27/h1-6,11,20H,7-10,12-14H2,(H,25,29)/t20-/m0/s1. The van der Waals surface area contributed by atoms with E-state index in [1.54, 1.807) is 6.07 Å². The van der Waals surface area contributed by atoms with Gasteiger partial charge in [-0.25, -0.2) is 4.39 Å². The molecule has 0 saturated carbocycles. The van der Waals surface area contributed by atoms with Crippen LogP contribution in [0, 0.1) is 5.82 Å². The van der Waals surface area contributed by atoms with E-state index in [1.165, 1.54) is 17.7 Å². The minimum atomic E-state index is -0.561. The minimum Gasteiger partial charge on any atom is -0.353 e. The maximum Gasteiger partial charge on any atom is 0.237 e. The Labute approximate surface area is 174 Å². The number of nitrogens with one attached hydrogen (secondary N) is 1. The summed E-state index contributed by atoms with van der Waals surface area (Å²) < 4.78 is 13.3. The Morgan fingerprint density at radius 3 is 2.76 bits per heavy atom. The molecule has 2 aliphatic rings. The second-order valence-corrected chi connectivity index (χ2v) is 7.96. The second-order valence-electron chi connectivity index (χ2n) is 7.55. The zero-order valence-electron chi connectivity index (χ0n) is 16.0. The maximum absolute atomic E-state index is 13.3. The van der Waals surface area contributed by atoms with Crippen molar-refractivity contribution in [3.63, 3.8) is 0 Å². The summed E-state index contributed by atoms with van der Waals surface area (Å²) in [5, 5.41) is 3.18. The molecule has 1 fully saturated rings. The first-order chi connectivity index (χ1) is 14.0. The fourth-order valence-electron chi connectivity index (χ4n) is 4.05. The molecule has 1 atom stereocenters. The number of benzene rings is 2. The van der Waals surface area contributed by atoms with Gasteiger partial charge in [0.2, 0.25) is 11.8 Å². The average molecular weight is 416 g/mol. The number of carbonyl (C=O) groups excluding carboxylic acids is 2. The number of fused-ring (bicyclic) bond motifs is 1. The van der Waals surface area contributed by atoms with Gasteiger partial charge >= 0.3 is 0 Å². The predicted molar refractivity (Wildman–Crippen MR) is 109 cm³/mol. The van der Waals surface area contributed by atoms with Crippen molar-refractivity contribution in [2.45, 2.75) is 32.0 Å². The van der Waals surface area contributed by atoms with Gasteiger partial charge in [0, 0.05) is 37.7 Å². The Bertz CT molecular complexity index is 936. The van der Waals surface area contributed by atoms with Crippen molar-refractivity contribution in [2.75, 3.05) is 19.6 Å². The first kappa shape index (κ1) is 19.9. The third-order valence-corrected chi connectivity index (χ3v) is 6.03. The average Bonchev–Trinajstić information content (AvgIpc) is 2.72. The molecule has 0 aliphatic carbocycles. The van der Waals surface area contributed by atoms with Crippen LogP contribution in [-0.4, -0.2) is 47.3 Å².